The van der Waals surface area contributed by atoms with Crippen LogP contribution in [0, 0.1) is 0 Å². The van der Waals surface area contributed by atoms with Crippen molar-refractivity contribution in [1.29, 1.82) is 0 Å². The summed E-state index contributed by atoms with van der Waals surface area (Å²) in [5.74, 6) is 1.04. The molecule has 0 aliphatic heterocycles. The van der Waals surface area contributed by atoms with Gasteiger partial charge in [-0.25, -0.2) is 0 Å². The lowest BCUT2D eigenvalue weighted by Gasteiger charge is -2.05. The molecule has 0 bridgehead atoms. The summed E-state index contributed by atoms with van der Waals surface area (Å²) >= 11 is 7.19. The van der Waals surface area contributed by atoms with Crippen molar-refractivity contribution in [2.45, 2.75) is 24.1 Å². The first-order chi connectivity index (χ1) is 8.78. The summed E-state index contributed by atoms with van der Waals surface area (Å²) in [6, 6.07) is 11.0. The van der Waals surface area contributed by atoms with Gasteiger partial charge in [-0.3, -0.25) is 0 Å². The number of hydrogen-bond donors (Lipinski definition) is 1. The molecule has 2 aromatic rings. The van der Waals surface area contributed by atoms with Crippen LogP contribution in [0.15, 0.2) is 45.1 Å². The summed E-state index contributed by atoms with van der Waals surface area (Å²) in [5, 5.41) is 5.49. The Kier molecular flexibility index (Phi) is 5.76. The number of hydrogen-bond acceptors (Lipinski definition) is 3. The van der Waals surface area contributed by atoms with Crippen LogP contribution >= 0.6 is 39.0 Å². The van der Waals surface area contributed by atoms with Crippen LogP contribution in [-0.4, -0.2) is 6.54 Å². The lowest BCUT2D eigenvalue weighted by atomic mass is 10.2. The molecule has 0 saturated heterocycles. The second-order valence-electron chi connectivity index (χ2n) is 3.95. The highest BCUT2D eigenvalue weighted by Gasteiger charge is 2.00. The van der Waals surface area contributed by atoms with E-state index >= 15 is 0 Å². The highest BCUT2D eigenvalue weighted by molar-refractivity contribution is 9.10. The number of halogens is 1. The standard InChI is InChI=1S/C14H16BrNS2/c1-2-16-8-11-4-3-5-13(6-11)18-10-14-7-12(15)9-17-14/h3-7,9,16H,2,8,10H2,1H3. The average molecular weight is 342 g/mol. The molecule has 2 rings (SSSR count). The van der Waals surface area contributed by atoms with E-state index in [1.165, 1.54) is 19.8 Å². The van der Waals surface area contributed by atoms with Gasteiger partial charge < -0.3 is 5.32 Å². The van der Waals surface area contributed by atoms with Crippen LogP contribution in [0.5, 0.6) is 0 Å². The van der Waals surface area contributed by atoms with Gasteiger partial charge in [-0.1, -0.05) is 19.1 Å². The Morgan fingerprint density at radius 1 is 1.33 bits per heavy atom. The molecule has 1 N–H and O–H groups in total. The predicted molar refractivity (Wildman–Crippen MR) is 85.4 cm³/mol. The summed E-state index contributed by atoms with van der Waals surface area (Å²) < 4.78 is 1.18. The van der Waals surface area contributed by atoms with E-state index in [0.717, 1.165) is 18.8 Å². The van der Waals surface area contributed by atoms with Gasteiger partial charge in [-0.2, -0.15) is 0 Å². The van der Waals surface area contributed by atoms with Crippen LogP contribution in [0.1, 0.15) is 17.4 Å². The maximum atomic E-state index is 3.49. The highest BCUT2D eigenvalue weighted by Crippen LogP contribution is 2.28. The van der Waals surface area contributed by atoms with Crippen molar-refractivity contribution >= 4 is 39.0 Å². The van der Waals surface area contributed by atoms with E-state index in [1.54, 1.807) is 11.3 Å². The van der Waals surface area contributed by atoms with Gasteiger partial charge in [0.25, 0.3) is 0 Å². The third-order valence-electron chi connectivity index (χ3n) is 2.48. The van der Waals surface area contributed by atoms with Crippen LogP contribution in [0.25, 0.3) is 0 Å². The minimum Gasteiger partial charge on any atom is -0.313 e. The van der Waals surface area contributed by atoms with Gasteiger partial charge in [0.2, 0.25) is 0 Å². The van der Waals surface area contributed by atoms with E-state index in [1.807, 2.05) is 11.8 Å². The molecule has 1 heterocycles. The van der Waals surface area contributed by atoms with Gasteiger partial charge in [0.1, 0.15) is 0 Å². The minimum absolute atomic E-state index is 0.954. The quantitative estimate of drug-likeness (QED) is 0.749. The smallest absolute Gasteiger partial charge is 0.0326 e. The number of nitrogens with one attached hydrogen (secondary N) is 1. The molecule has 0 radical (unpaired) electrons. The molecule has 4 heteroatoms. The number of thioether (sulfide) groups is 1. The molecule has 96 valence electrons. The van der Waals surface area contributed by atoms with Gasteiger partial charge in [0.05, 0.1) is 0 Å². The predicted octanol–water partition coefficient (Wildman–Crippen LogP) is 4.91. The SMILES string of the molecule is CCNCc1cccc(SCc2cc(Br)cs2)c1. The summed E-state index contributed by atoms with van der Waals surface area (Å²) in [7, 11) is 0. The Balaban J connectivity index is 1.92. The topological polar surface area (TPSA) is 12.0 Å². The van der Waals surface area contributed by atoms with Crippen molar-refractivity contribution in [3.05, 3.63) is 50.6 Å². The molecule has 0 spiro atoms. The lowest BCUT2D eigenvalue weighted by molar-refractivity contribution is 0.725. The van der Waals surface area contributed by atoms with Crippen molar-refractivity contribution in [2.24, 2.45) is 0 Å². The summed E-state index contributed by atoms with van der Waals surface area (Å²) in [5.41, 5.74) is 1.36. The zero-order valence-electron chi connectivity index (χ0n) is 10.3. The Hall–Kier alpha value is -0.290. The maximum Gasteiger partial charge on any atom is 0.0326 e. The number of rotatable bonds is 6. The largest absolute Gasteiger partial charge is 0.313 e. The fraction of sp³-hybridized carbons (Fsp3) is 0.286. The van der Waals surface area contributed by atoms with Crippen LogP contribution in [0.4, 0.5) is 0 Å². The zero-order chi connectivity index (χ0) is 12.8. The van der Waals surface area contributed by atoms with Crippen LogP contribution in [0.2, 0.25) is 0 Å². The van der Waals surface area contributed by atoms with E-state index in [2.05, 4.69) is 63.9 Å². The molecular weight excluding hydrogens is 326 g/mol. The summed E-state index contributed by atoms with van der Waals surface area (Å²) in [4.78, 5) is 2.75. The van der Waals surface area contributed by atoms with Crippen molar-refractivity contribution < 1.29 is 0 Å². The minimum atomic E-state index is 0.954. The van der Waals surface area contributed by atoms with Crippen LogP contribution in [-0.2, 0) is 12.3 Å². The number of benzene rings is 1. The maximum absolute atomic E-state index is 3.49. The fourth-order valence-corrected chi connectivity index (χ4v) is 4.08. The summed E-state index contributed by atoms with van der Waals surface area (Å²) in [6.07, 6.45) is 0. The normalized spacial score (nSPS) is 10.8. The van der Waals surface area contributed by atoms with Gasteiger partial charge in [0.15, 0.2) is 0 Å². The van der Waals surface area contributed by atoms with Crippen molar-refractivity contribution in [3.8, 4) is 0 Å². The van der Waals surface area contributed by atoms with E-state index in [-0.39, 0.29) is 0 Å². The molecule has 0 aliphatic rings. The van der Waals surface area contributed by atoms with Crippen LogP contribution in [0.3, 0.4) is 0 Å². The first kappa shape index (κ1) is 14.1. The van der Waals surface area contributed by atoms with Crippen molar-refractivity contribution in [1.82, 2.24) is 5.32 Å². The van der Waals surface area contributed by atoms with Gasteiger partial charge in [-0.15, -0.1) is 23.1 Å². The third-order valence-corrected chi connectivity index (χ3v) is 5.40. The first-order valence-electron chi connectivity index (χ1n) is 5.93. The molecule has 0 amide bonds. The Bertz CT molecular complexity index is 496. The summed E-state index contributed by atoms with van der Waals surface area (Å²) in [6.45, 7) is 4.10. The fourth-order valence-electron chi connectivity index (χ4n) is 1.60. The Labute approximate surface area is 125 Å². The molecule has 1 aromatic heterocycles. The van der Waals surface area contributed by atoms with E-state index in [9.17, 15) is 0 Å². The molecule has 0 unspecified atom stereocenters. The Morgan fingerprint density at radius 3 is 2.94 bits per heavy atom. The van der Waals surface area contributed by atoms with Crippen molar-refractivity contribution in [2.75, 3.05) is 6.54 Å². The molecule has 1 nitrogen and oxygen atoms in total. The third kappa shape index (κ3) is 4.43. The van der Waals surface area contributed by atoms with Crippen molar-refractivity contribution in [3.63, 3.8) is 0 Å². The lowest BCUT2D eigenvalue weighted by Crippen LogP contribution is -2.11. The Morgan fingerprint density at radius 2 is 2.22 bits per heavy atom. The molecule has 0 aliphatic carbocycles. The monoisotopic (exact) mass is 341 g/mol. The molecule has 1 aromatic carbocycles. The molecule has 18 heavy (non-hydrogen) atoms. The van der Waals surface area contributed by atoms with Gasteiger partial charge >= 0.3 is 0 Å². The average Bonchev–Trinajstić information content (AvgIpc) is 2.80. The van der Waals surface area contributed by atoms with Crippen LogP contribution < -0.4 is 5.32 Å². The van der Waals surface area contributed by atoms with Gasteiger partial charge in [-0.05, 0) is 46.2 Å². The molecular formula is C14H16BrNS2. The highest BCUT2D eigenvalue weighted by atomic mass is 79.9. The first-order valence-corrected chi connectivity index (χ1v) is 8.59. The van der Waals surface area contributed by atoms with E-state index in [4.69, 9.17) is 0 Å². The number of thiophene rings is 1. The molecule has 0 fully saturated rings. The van der Waals surface area contributed by atoms with E-state index in [0.29, 0.717) is 0 Å². The van der Waals surface area contributed by atoms with E-state index < -0.39 is 0 Å². The molecule has 0 atom stereocenters. The second kappa shape index (κ2) is 7.34. The molecule has 0 saturated carbocycles. The zero-order valence-corrected chi connectivity index (χ0v) is 13.5. The van der Waals surface area contributed by atoms with Gasteiger partial charge in [0, 0.05) is 31.9 Å². The second-order valence-corrected chi connectivity index (χ2v) is 6.91.